The number of hydrogen-bond acceptors (Lipinski definition) is 3. The quantitative estimate of drug-likeness (QED) is 0.620. The van der Waals surface area contributed by atoms with Crippen LogP contribution in [0, 0.1) is 16.0 Å². The topological polar surface area (TPSA) is 46.4 Å². The molecule has 0 spiro atoms. The zero-order valence-electron chi connectivity index (χ0n) is 10.4. The molecule has 1 aliphatic heterocycles. The van der Waals surface area contributed by atoms with Gasteiger partial charge in [-0.05, 0) is 30.5 Å². The molecule has 1 aromatic rings. The molecule has 1 saturated heterocycles. The molecule has 18 heavy (non-hydrogen) atoms. The molecule has 0 amide bonds. The minimum Gasteiger partial charge on any atom is -0.299 e. The lowest BCUT2D eigenvalue weighted by Gasteiger charge is -2.15. The maximum absolute atomic E-state index is 10.8. The van der Waals surface area contributed by atoms with Crippen LogP contribution in [0.15, 0.2) is 18.2 Å². The fraction of sp³-hybridized carbons (Fsp3) is 0.538. The summed E-state index contributed by atoms with van der Waals surface area (Å²) in [7, 11) is 0. The Hall–Kier alpha value is -1.13. The Bertz CT molecular complexity index is 451. The summed E-state index contributed by atoms with van der Waals surface area (Å²) in [4.78, 5) is 12.7. The van der Waals surface area contributed by atoms with Crippen molar-refractivity contribution in [2.24, 2.45) is 5.92 Å². The molecule has 0 aliphatic carbocycles. The number of rotatable bonds is 4. The molecule has 1 atom stereocenters. The number of nitro groups is 1. The van der Waals surface area contributed by atoms with Crippen LogP contribution in [0.3, 0.4) is 0 Å². The molecular weight excluding hydrogens is 252 g/mol. The van der Waals surface area contributed by atoms with Crippen LogP contribution >= 0.6 is 11.6 Å². The number of hydrogen-bond donors (Lipinski definition) is 0. The van der Waals surface area contributed by atoms with E-state index in [-0.39, 0.29) is 10.7 Å². The van der Waals surface area contributed by atoms with Crippen LogP contribution in [-0.4, -0.2) is 22.9 Å². The van der Waals surface area contributed by atoms with Crippen molar-refractivity contribution in [1.29, 1.82) is 0 Å². The third kappa shape index (κ3) is 3.00. The first-order valence-corrected chi connectivity index (χ1v) is 6.63. The summed E-state index contributed by atoms with van der Waals surface area (Å²) < 4.78 is 0. The fourth-order valence-electron chi connectivity index (χ4n) is 2.44. The van der Waals surface area contributed by atoms with Crippen LogP contribution < -0.4 is 0 Å². The summed E-state index contributed by atoms with van der Waals surface area (Å²) in [6, 6.07) is 5.07. The number of likely N-dealkylation sites (tertiary alicyclic amines) is 1. The number of nitro benzene ring substituents is 1. The smallest absolute Gasteiger partial charge is 0.288 e. The molecule has 1 aromatic carbocycles. The highest BCUT2D eigenvalue weighted by molar-refractivity contribution is 6.32. The van der Waals surface area contributed by atoms with E-state index in [0.717, 1.165) is 31.1 Å². The average molecular weight is 269 g/mol. The lowest BCUT2D eigenvalue weighted by Crippen LogP contribution is -2.20. The molecule has 0 N–H and O–H groups in total. The third-order valence-corrected chi connectivity index (χ3v) is 3.88. The van der Waals surface area contributed by atoms with Gasteiger partial charge in [0.15, 0.2) is 0 Å². The van der Waals surface area contributed by atoms with Crippen molar-refractivity contribution >= 4 is 17.3 Å². The second-order valence-electron chi connectivity index (χ2n) is 4.84. The first-order valence-electron chi connectivity index (χ1n) is 6.25. The molecule has 98 valence electrons. The van der Waals surface area contributed by atoms with Gasteiger partial charge in [-0.1, -0.05) is 31.0 Å². The first-order chi connectivity index (χ1) is 8.60. The Labute approximate surface area is 112 Å². The molecule has 1 aliphatic rings. The SMILES string of the molecule is CCC1CCN(Cc2ccc(Cl)c([N+](=O)[O-])c2)C1. The van der Waals surface area contributed by atoms with E-state index in [1.165, 1.54) is 12.8 Å². The van der Waals surface area contributed by atoms with Gasteiger partial charge in [-0.25, -0.2) is 0 Å². The number of nitrogens with zero attached hydrogens (tertiary/aromatic N) is 2. The summed E-state index contributed by atoms with van der Waals surface area (Å²) in [6.45, 7) is 5.15. The zero-order chi connectivity index (χ0) is 13.1. The van der Waals surface area contributed by atoms with E-state index in [0.29, 0.717) is 0 Å². The molecule has 4 nitrogen and oxygen atoms in total. The van der Waals surface area contributed by atoms with E-state index in [1.807, 2.05) is 6.07 Å². The van der Waals surface area contributed by atoms with E-state index in [2.05, 4.69) is 11.8 Å². The van der Waals surface area contributed by atoms with Crippen molar-refractivity contribution in [2.45, 2.75) is 26.3 Å². The highest BCUT2D eigenvalue weighted by Crippen LogP contribution is 2.27. The molecule has 0 saturated carbocycles. The minimum absolute atomic E-state index is 0.000375. The molecule has 0 aromatic heterocycles. The average Bonchev–Trinajstić information content (AvgIpc) is 2.79. The van der Waals surface area contributed by atoms with E-state index in [4.69, 9.17) is 11.6 Å². The van der Waals surface area contributed by atoms with Gasteiger partial charge >= 0.3 is 0 Å². The monoisotopic (exact) mass is 268 g/mol. The van der Waals surface area contributed by atoms with Gasteiger partial charge in [0.2, 0.25) is 0 Å². The predicted octanol–water partition coefficient (Wildman–Crippen LogP) is 3.48. The standard InChI is InChI=1S/C13H17ClN2O2/c1-2-10-5-6-15(8-10)9-11-3-4-12(14)13(7-11)16(17)18/h3-4,7,10H,2,5-6,8-9H2,1H3. The first kappa shape index (κ1) is 13.3. The van der Waals surface area contributed by atoms with Crippen LogP contribution in [-0.2, 0) is 6.54 Å². The molecule has 1 heterocycles. The van der Waals surface area contributed by atoms with Crippen molar-refractivity contribution in [2.75, 3.05) is 13.1 Å². The van der Waals surface area contributed by atoms with Crippen molar-refractivity contribution in [3.05, 3.63) is 38.9 Å². The summed E-state index contributed by atoms with van der Waals surface area (Å²) >= 11 is 5.80. The van der Waals surface area contributed by atoms with E-state index in [9.17, 15) is 10.1 Å². The normalized spacial score (nSPS) is 20.2. The molecule has 0 radical (unpaired) electrons. The molecule has 0 bridgehead atoms. The van der Waals surface area contributed by atoms with E-state index < -0.39 is 4.92 Å². The van der Waals surface area contributed by atoms with Gasteiger partial charge in [0.05, 0.1) is 4.92 Å². The fourth-order valence-corrected chi connectivity index (χ4v) is 2.63. The third-order valence-electron chi connectivity index (χ3n) is 3.56. The van der Waals surface area contributed by atoms with Gasteiger partial charge in [-0.15, -0.1) is 0 Å². The minimum atomic E-state index is -0.426. The summed E-state index contributed by atoms with van der Waals surface area (Å²) in [5.41, 5.74) is 0.961. The van der Waals surface area contributed by atoms with Crippen molar-refractivity contribution in [3.8, 4) is 0 Å². The molecule has 1 fully saturated rings. The second-order valence-corrected chi connectivity index (χ2v) is 5.25. The lowest BCUT2D eigenvalue weighted by atomic mass is 10.1. The number of halogens is 1. The maximum Gasteiger partial charge on any atom is 0.288 e. The van der Waals surface area contributed by atoms with E-state index >= 15 is 0 Å². The lowest BCUT2D eigenvalue weighted by molar-refractivity contribution is -0.384. The predicted molar refractivity (Wildman–Crippen MR) is 71.8 cm³/mol. The summed E-state index contributed by atoms with van der Waals surface area (Å²) in [6.07, 6.45) is 2.43. The van der Waals surface area contributed by atoms with Gasteiger partial charge in [-0.3, -0.25) is 15.0 Å². The van der Waals surface area contributed by atoms with Gasteiger partial charge in [0, 0.05) is 19.2 Å². The van der Waals surface area contributed by atoms with Crippen LogP contribution in [0.25, 0.3) is 0 Å². The van der Waals surface area contributed by atoms with Crippen LogP contribution in [0.2, 0.25) is 5.02 Å². The molecular formula is C13H17ClN2O2. The van der Waals surface area contributed by atoms with Gasteiger partial charge < -0.3 is 0 Å². The van der Waals surface area contributed by atoms with Crippen molar-refractivity contribution < 1.29 is 4.92 Å². The molecule has 5 heteroatoms. The summed E-state index contributed by atoms with van der Waals surface area (Å²) in [5.74, 6) is 0.771. The highest BCUT2D eigenvalue weighted by atomic mass is 35.5. The van der Waals surface area contributed by atoms with Crippen molar-refractivity contribution in [3.63, 3.8) is 0 Å². The number of benzene rings is 1. The Kier molecular flexibility index (Phi) is 4.19. The Morgan fingerprint density at radius 1 is 1.56 bits per heavy atom. The van der Waals surface area contributed by atoms with Crippen LogP contribution in [0.1, 0.15) is 25.3 Å². The highest BCUT2D eigenvalue weighted by Gasteiger charge is 2.21. The Morgan fingerprint density at radius 2 is 2.33 bits per heavy atom. The van der Waals surface area contributed by atoms with Crippen LogP contribution in [0.4, 0.5) is 5.69 Å². The zero-order valence-corrected chi connectivity index (χ0v) is 11.2. The van der Waals surface area contributed by atoms with E-state index in [1.54, 1.807) is 12.1 Å². The van der Waals surface area contributed by atoms with Crippen molar-refractivity contribution in [1.82, 2.24) is 4.90 Å². The second kappa shape index (κ2) is 5.67. The summed E-state index contributed by atoms with van der Waals surface area (Å²) in [5, 5.41) is 11.0. The molecule has 2 rings (SSSR count). The Balaban J connectivity index is 2.06. The van der Waals surface area contributed by atoms with Gasteiger partial charge in [0.1, 0.15) is 5.02 Å². The van der Waals surface area contributed by atoms with Gasteiger partial charge in [-0.2, -0.15) is 0 Å². The largest absolute Gasteiger partial charge is 0.299 e. The maximum atomic E-state index is 10.8. The molecule has 1 unspecified atom stereocenters. The van der Waals surface area contributed by atoms with Crippen LogP contribution in [0.5, 0.6) is 0 Å². The van der Waals surface area contributed by atoms with Gasteiger partial charge in [0.25, 0.3) is 5.69 Å². The Morgan fingerprint density at radius 3 is 2.94 bits per heavy atom.